The molecule has 1 aliphatic rings. The second kappa shape index (κ2) is 10.3. The molecule has 0 aromatic heterocycles. The number of hydrogen-bond donors (Lipinski definition) is 1. The molecule has 0 spiro atoms. The average molecular weight is 445 g/mol. The molecule has 1 aliphatic heterocycles. The summed E-state index contributed by atoms with van der Waals surface area (Å²) in [4.78, 5) is 26.3. The highest BCUT2D eigenvalue weighted by Gasteiger charge is 2.25. The minimum absolute atomic E-state index is 0.0293. The first-order chi connectivity index (χ1) is 13.6. The summed E-state index contributed by atoms with van der Waals surface area (Å²) in [6.45, 7) is 1.76. The number of amides is 2. The van der Waals surface area contributed by atoms with Crippen molar-refractivity contribution in [2.75, 3.05) is 19.7 Å². The highest BCUT2D eigenvalue weighted by atomic mass is 79.9. The molecule has 2 aromatic rings. The predicted octanol–water partition coefficient (Wildman–Crippen LogP) is 4.09. The lowest BCUT2D eigenvalue weighted by atomic mass is 10.1. The first kappa shape index (κ1) is 20.4. The molecule has 2 amide bonds. The maximum atomic E-state index is 12.5. The second-order valence-electron chi connectivity index (χ2n) is 6.88. The Labute approximate surface area is 174 Å². The van der Waals surface area contributed by atoms with Gasteiger partial charge in [0.1, 0.15) is 5.75 Å². The van der Waals surface area contributed by atoms with Crippen molar-refractivity contribution in [1.29, 1.82) is 0 Å². The molecule has 1 N–H and O–H groups in total. The summed E-state index contributed by atoms with van der Waals surface area (Å²) in [7, 11) is 0. The van der Waals surface area contributed by atoms with Gasteiger partial charge in [0.25, 0.3) is 0 Å². The van der Waals surface area contributed by atoms with Crippen LogP contribution in [0.4, 0.5) is 0 Å². The Bertz CT molecular complexity index is 797. The lowest BCUT2D eigenvalue weighted by Gasteiger charge is -2.25. The number of halogens is 1. The zero-order valence-corrected chi connectivity index (χ0v) is 17.4. The minimum atomic E-state index is -0.193. The monoisotopic (exact) mass is 444 g/mol. The Morgan fingerprint density at radius 1 is 1.18 bits per heavy atom. The van der Waals surface area contributed by atoms with Gasteiger partial charge in [0.2, 0.25) is 11.8 Å². The van der Waals surface area contributed by atoms with Crippen LogP contribution < -0.4 is 10.1 Å². The van der Waals surface area contributed by atoms with Crippen LogP contribution in [0.5, 0.6) is 5.75 Å². The molecule has 0 radical (unpaired) electrons. The molecular formula is C22H25BrN2O3. The van der Waals surface area contributed by atoms with Gasteiger partial charge in [-0.05, 0) is 36.6 Å². The zero-order chi connectivity index (χ0) is 19.8. The quantitative estimate of drug-likeness (QED) is 0.592. The van der Waals surface area contributed by atoms with Crippen molar-refractivity contribution in [3.63, 3.8) is 0 Å². The van der Waals surface area contributed by atoms with Gasteiger partial charge in [-0.1, -0.05) is 52.3 Å². The Kier molecular flexibility index (Phi) is 7.48. The van der Waals surface area contributed by atoms with Crippen LogP contribution in [0.25, 0.3) is 0 Å². The number of carbonyl (C=O) groups is 2. The molecule has 148 valence electrons. The zero-order valence-electron chi connectivity index (χ0n) is 15.8. The van der Waals surface area contributed by atoms with E-state index in [1.807, 2.05) is 59.5 Å². The maximum absolute atomic E-state index is 12.5. The molecule has 6 heteroatoms. The van der Waals surface area contributed by atoms with Crippen molar-refractivity contribution in [2.24, 2.45) is 0 Å². The van der Waals surface area contributed by atoms with Crippen molar-refractivity contribution in [2.45, 2.75) is 31.7 Å². The normalized spacial score (nSPS) is 14.8. The van der Waals surface area contributed by atoms with Crippen molar-refractivity contribution in [3.8, 4) is 5.75 Å². The molecule has 1 heterocycles. The number of hydrogen-bond acceptors (Lipinski definition) is 3. The van der Waals surface area contributed by atoms with Crippen LogP contribution in [-0.4, -0.2) is 36.4 Å². The maximum Gasteiger partial charge on any atom is 0.222 e. The minimum Gasteiger partial charge on any atom is -0.494 e. The van der Waals surface area contributed by atoms with E-state index in [-0.39, 0.29) is 17.9 Å². The topological polar surface area (TPSA) is 58.6 Å². The van der Waals surface area contributed by atoms with Crippen molar-refractivity contribution in [1.82, 2.24) is 10.2 Å². The van der Waals surface area contributed by atoms with Gasteiger partial charge in [-0.25, -0.2) is 0 Å². The summed E-state index contributed by atoms with van der Waals surface area (Å²) >= 11 is 3.41. The molecule has 2 aromatic carbocycles. The van der Waals surface area contributed by atoms with Gasteiger partial charge < -0.3 is 15.0 Å². The molecule has 0 aliphatic carbocycles. The highest BCUT2D eigenvalue weighted by molar-refractivity contribution is 9.10. The van der Waals surface area contributed by atoms with Gasteiger partial charge in [0.15, 0.2) is 0 Å². The Hall–Kier alpha value is -2.34. The Balaban J connectivity index is 1.50. The summed E-state index contributed by atoms with van der Waals surface area (Å²) in [5.41, 5.74) is 1.01. The van der Waals surface area contributed by atoms with Crippen LogP contribution >= 0.6 is 15.9 Å². The third kappa shape index (κ3) is 6.09. The lowest BCUT2D eigenvalue weighted by molar-refractivity contribution is -0.129. The van der Waals surface area contributed by atoms with E-state index in [1.54, 1.807) is 0 Å². The van der Waals surface area contributed by atoms with Crippen molar-refractivity contribution < 1.29 is 14.3 Å². The number of carbonyl (C=O) groups excluding carboxylic acids is 2. The predicted molar refractivity (Wildman–Crippen MR) is 112 cm³/mol. The van der Waals surface area contributed by atoms with Gasteiger partial charge in [-0.2, -0.15) is 0 Å². The molecule has 1 saturated heterocycles. The molecule has 1 fully saturated rings. The van der Waals surface area contributed by atoms with Gasteiger partial charge in [-0.15, -0.1) is 0 Å². The van der Waals surface area contributed by atoms with E-state index in [1.165, 1.54) is 0 Å². The van der Waals surface area contributed by atoms with E-state index >= 15 is 0 Å². The standard InChI is InChI=1S/C22H25BrN2O3/c23-18-9-4-10-19(15-18)28-14-6-11-21(26)24-20(17-7-2-1-3-8-17)16-25-13-5-12-22(25)27/h1-4,7-10,15,20H,5-6,11-14,16H2,(H,24,26). The molecule has 1 atom stereocenters. The van der Waals surface area contributed by atoms with Crippen molar-refractivity contribution >= 4 is 27.7 Å². The fourth-order valence-corrected chi connectivity index (χ4v) is 3.66. The van der Waals surface area contributed by atoms with E-state index in [4.69, 9.17) is 4.74 Å². The van der Waals surface area contributed by atoms with Crippen LogP contribution in [0, 0.1) is 0 Å². The van der Waals surface area contributed by atoms with Crippen LogP contribution in [-0.2, 0) is 9.59 Å². The lowest BCUT2D eigenvalue weighted by Crippen LogP contribution is -2.38. The summed E-state index contributed by atoms with van der Waals surface area (Å²) in [6.07, 6.45) is 2.50. The summed E-state index contributed by atoms with van der Waals surface area (Å²) in [6, 6.07) is 17.3. The highest BCUT2D eigenvalue weighted by Crippen LogP contribution is 2.20. The number of nitrogens with zero attached hydrogens (tertiary/aromatic N) is 1. The first-order valence-corrected chi connectivity index (χ1v) is 10.4. The Morgan fingerprint density at radius 3 is 2.71 bits per heavy atom. The van der Waals surface area contributed by atoms with Crippen LogP contribution in [0.3, 0.4) is 0 Å². The largest absolute Gasteiger partial charge is 0.494 e. The molecular weight excluding hydrogens is 420 g/mol. The summed E-state index contributed by atoms with van der Waals surface area (Å²) in [5.74, 6) is 0.917. The fourth-order valence-electron chi connectivity index (χ4n) is 3.28. The number of rotatable bonds is 9. The van der Waals surface area contributed by atoms with Gasteiger partial charge in [0, 0.05) is 30.4 Å². The molecule has 0 saturated carbocycles. The fraction of sp³-hybridized carbons (Fsp3) is 0.364. The van der Waals surface area contributed by atoms with Crippen molar-refractivity contribution in [3.05, 3.63) is 64.6 Å². The van der Waals surface area contributed by atoms with Crippen LogP contribution in [0.1, 0.15) is 37.3 Å². The number of benzene rings is 2. The summed E-state index contributed by atoms with van der Waals surface area (Å²) < 4.78 is 6.65. The van der Waals surface area contributed by atoms with E-state index < -0.39 is 0 Å². The van der Waals surface area contributed by atoms with E-state index in [0.717, 1.165) is 28.8 Å². The number of likely N-dealkylation sites (tertiary alicyclic amines) is 1. The van der Waals surface area contributed by atoms with E-state index in [9.17, 15) is 9.59 Å². The van der Waals surface area contributed by atoms with Gasteiger partial charge in [-0.3, -0.25) is 9.59 Å². The van der Waals surface area contributed by atoms with Crippen LogP contribution in [0.15, 0.2) is 59.1 Å². The summed E-state index contributed by atoms with van der Waals surface area (Å²) in [5, 5.41) is 3.09. The molecule has 1 unspecified atom stereocenters. The van der Waals surface area contributed by atoms with E-state index in [2.05, 4.69) is 21.2 Å². The number of nitrogens with one attached hydrogen (secondary N) is 1. The average Bonchev–Trinajstić information content (AvgIpc) is 3.10. The number of ether oxygens (including phenoxy) is 1. The Morgan fingerprint density at radius 2 is 2.00 bits per heavy atom. The third-order valence-electron chi connectivity index (χ3n) is 4.72. The van der Waals surface area contributed by atoms with Gasteiger partial charge >= 0.3 is 0 Å². The SMILES string of the molecule is O=C(CCCOc1cccc(Br)c1)NC(CN1CCCC1=O)c1ccccc1. The molecule has 5 nitrogen and oxygen atoms in total. The molecule has 0 bridgehead atoms. The first-order valence-electron chi connectivity index (χ1n) is 9.62. The molecule has 28 heavy (non-hydrogen) atoms. The third-order valence-corrected chi connectivity index (χ3v) is 5.22. The second-order valence-corrected chi connectivity index (χ2v) is 7.80. The van der Waals surface area contributed by atoms with Crippen LogP contribution in [0.2, 0.25) is 0 Å². The molecule has 3 rings (SSSR count). The van der Waals surface area contributed by atoms with E-state index in [0.29, 0.717) is 32.4 Å². The smallest absolute Gasteiger partial charge is 0.222 e. The van der Waals surface area contributed by atoms with Gasteiger partial charge in [0.05, 0.1) is 12.6 Å².